The lowest BCUT2D eigenvalue weighted by Crippen LogP contribution is -2.36. The Labute approximate surface area is 169 Å². The highest BCUT2D eigenvalue weighted by molar-refractivity contribution is 6.30. The third-order valence-electron chi connectivity index (χ3n) is 5.18. The van der Waals surface area contributed by atoms with Crippen molar-refractivity contribution < 1.29 is 4.79 Å². The highest BCUT2D eigenvalue weighted by Crippen LogP contribution is 2.25. The second-order valence-corrected chi connectivity index (χ2v) is 7.71. The zero-order valence-electron chi connectivity index (χ0n) is 15.9. The van der Waals surface area contributed by atoms with Gasteiger partial charge in [0.15, 0.2) is 5.82 Å². The first-order valence-electron chi connectivity index (χ1n) is 9.72. The molecule has 0 atom stereocenters. The first-order valence-corrected chi connectivity index (χ1v) is 10.1. The summed E-state index contributed by atoms with van der Waals surface area (Å²) in [6.45, 7) is 1.99. The fourth-order valence-corrected chi connectivity index (χ4v) is 3.82. The number of aromatic nitrogens is 3. The van der Waals surface area contributed by atoms with Crippen LogP contribution in [0.5, 0.6) is 0 Å². The van der Waals surface area contributed by atoms with Crippen LogP contribution >= 0.6 is 11.6 Å². The van der Waals surface area contributed by atoms with Gasteiger partial charge in [0.25, 0.3) is 5.91 Å². The fourth-order valence-electron chi connectivity index (χ4n) is 3.66. The maximum Gasteiger partial charge on any atom is 0.291 e. The summed E-state index contributed by atoms with van der Waals surface area (Å²) in [5, 5.41) is 8.27. The number of amides is 1. The molecule has 1 fully saturated rings. The highest BCUT2D eigenvalue weighted by atomic mass is 35.5. The van der Waals surface area contributed by atoms with Gasteiger partial charge < -0.3 is 5.32 Å². The fraction of sp³-hybridized carbons (Fsp3) is 0.318. The zero-order chi connectivity index (χ0) is 19.5. The van der Waals surface area contributed by atoms with Crippen LogP contribution in [-0.4, -0.2) is 26.7 Å². The SMILES string of the molecule is Cc1ccc(Cl)cc1-n1nc(C(=O)NC2CCCCC2)nc1-c1ccccc1. The van der Waals surface area contributed by atoms with E-state index in [4.69, 9.17) is 11.6 Å². The molecule has 1 aliphatic carbocycles. The highest BCUT2D eigenvalue weighted by Gasteiger charge is 2.22. The molecular weight excluding hydrogens is 372 g/mol. The summed E-state index contributed by atoms with van der Waals surface area (Å²) in [5.41, 5.74) is 2.72. The number of aryl methyl sites for hydroxylation is 1. The van der Waals surface area contributed by atoms with E-state index < -0.39 is 0 Å². The standard InChI is InChI=1S/C22H23ClN4O/c1-15-12-13-17(23)14-19(15)27-21(16-8-4-2-5-9-16)25-20(26-27)22(28)24-18-10-6-3-7-11-18/h2,4-5,8-9,12-14,18H,3,6-7,10-11H2,1H3,(H,24,28). The van der Waals surface area contributed by atoms with Gasteiger partial charge in [-0.3, -0.25) is 4.79 Å². The summed E-state index contributed by atoms with van der Waals surface area (Å²) < 4.78 is 1.71. The molecule has 2 aromatic carbocycles. The van der Waals surface area contributed by atoms with Crippen LogP contribution < -0.4 is 5.32 Å². The molecule has 0 spiro atoms. The summed E-state index contributed by atoms with van der Waals surface area (Å²) >= 11 is 6.22. The minimum atomic E-state index is -0.220. The van der Waals surface area contributed by atoms with Crippen molar-refractivity contribution in [1.29, 1.82) is 0 Å². The minimum absolute atomic E-state index is 0.184. The van der Waals surface area contributed by atoms with Crippen LogP contribution in [0.1, 0.15) is 48.3 Å². The van der Waals surface area contributed by atoms with Crippen molar-refractivity contribution in [3.8, 4) is 17.1 Å². The van der Waals surface area contributed by atoms with Crippen LogP contribution in [-0.2, 0) is 0 Å². The van der Waals surface area contributed by atoms with Crippen LogP contribution in [0.2, 0.25) is 5.02 Å². The van der Waals surface area contributed by atoms with Gasteiger partial charge in [0.2, 0.25) is 5.82 Å². The maximum atomic E-state index is 12.8. The topological polar surface area (TPSA) is 59.8 Å². The monoisotopic (exact) mass is 394 g/mol. The van der Waals surface area contributed by atoms with Crippen molar-refractivity contribution in [3.63, 3.8) is 0 Å². The number of carbonyl (C=O) groups is 1. The summed E-state index contributed by atoms with van der Waals surface area (Å²) in [7, 11) is 0. The van der Waals surface area contributed by atoms with Gasteiger partial charge in [-0.2, -0.15) is 0 Å². The zero-order valence-corrected chi connectivity index (χ0v) is 16.6. The van der Waals surface area contributed by atoms with Crippen molar-refractivity contribution in [1.82, 2.24) is 20.1 Å². The second kappa shape index (κ2) is 8.15. The number of hydrogen-bond acceptors (Lipinski definition) is 3. The molecular formula is C22H23ClN4O. The molecule has 0 unspecified atom stereocenters. The van der Waals surface area contributed by atoms with E-state index in [9.17, 15) is 4.79 Å². The molecule has 6 heteroatoms. The molecule has 28 heavy (non-hydrogen) atoms. The van der Waals surface area contributed by atoms with Gasteiger partial charge in [0.1, 0.15) is 0 Å². The number of rotatable bonds is 4. The number of benzene rings is 2. The average Bonchev–Trinajstić information content (AvgIpc) is 3.17. The lowest BCUT2D eigenvalue weighted by atomic mass is 9.95. The first-order chi connectivity index (χ1) is 13.6. The van der Waals surface area contributed by atoms with Gasteiger partial charge in [0, 0.05) is 16.6 Å². The first kappa shape index (κ1) is 18.7. The van der Waals surface area contributed by atoms with Gasteiger partial charge in [-0.05, 0) is 37.5 Å². The summed E-state index contributed by atoms with van der Waals surface area (Å²) in [6, 6.07) is 15.6. The molecule has 0 aliphatic heterocycles. The summed E-state index contributed by atoms with van der Waals surface area (Å²) in [6.07, 6.45) is 5.59. The van der Waals surface area contributed by atoms with Crippen LogP contribution in [0.15, 0.2) is 48.5 Å². The summed E-state index contributed by atoms with van der Waals surface area (Å²) in [4.78, 5) is 17.4. The van der Waals surface area contributed by atoms with E-state index in [1.54, 1.807) is 4.68 Å². The predicted octanol–water partition coefficient (Wildman–Crippen LogP) is 4.96. The minimum Gasteiger partial charge on any atom is -0.347 e. The second-order valence-electron chi connectivity index (χ2n) is 7.28. The van der Waals surface area contributed by atoms with Gasteiger partial charge >= 0.3 is 0 Å². The third-order valence-corrected chi connectivity index (χ3v) is 5.42. The van der Waals surface area contributed by atoms with Crippen LogP contribution in [0.25, 0.3) is 17.1 Å². The molecule has 0 bridgehead atoms. The van der Waals surface area contributed by atoms with Crippen molar-refractivity contribution >= 4 is 17.5 Å². The Morgan fingerprint density at radius 3 is 2.61 bits per heavy atom. The van der Waals surface area contributed by atoms with Crippen LogP contribution in [0, 0.1) is 6.92 Å². The molecule has 0 radical (unpaired) electrons. The van der Waals surface area contributed by atoms with E-state index in [1.807, 2.05) is 55.5 Å². The number of nitrogens with zero attached hydrogens (tertiary/aromatic N) is 3. The van der Waals surface area contributed by atoms with Crippen molar-refractivity contribution in [2.45, 2.75) is 45.1 Å². The molecule has 1 amide bonds. The van der Waals surface area contributed by atoms with E-state index in [-0.39, 0.29) is 17.8 Å². The largest absolute Gasteiger partial charge is 0.347 e. The van der Waals surface area contributed by atoms with Gasteiger partial charge in [-0.25, -0.2) is 9.67 Å². The van der Waals surface area contributed by atoms with Crippen LogP contribution in [0.4, 0.5) is 0 Å². The van der Waals surface area contributed by atoms with Gasteiger partial charge in [-0.1, -0.05) is 67.3 Å². The Kier molecular flexibility index (Phi) is 5.44. The number of hydrogen-bond donors (Lipinski definition) is 1. The molecule has 5 nitrogen and oxygen atoms in total. The third kappa shape index (κ3) is 3.94. The lowest BCUT2D eigenvalue weighted by molar-refractivity contribution is 0.0917. The smallest absolute Gasteiger partial charge is 0.291 e. The molecule has 1 aliphatic rings. The number of carbonyl (C=O) groups excluding carboxylic acids is 1. The molecule has 144 valence electrons. The Bertz CT molecular complexity index is 977. The Morgan fingerprint density at radius 1 is 1.11 bits per heavy atom. The van der Waals surface area contributed by atoms with E-state index in [1.165, 1.54) is 6.42 Å². The molecule has 0 saturated heterocycles. The maximum absolute atomic E-state index is 12.8. The molecule has 1 heterocycles. The van der Waals surface area contributed by atoms with Crippen LogP contribution in [0.3, 0.4) is 0 Å². The molecule has 3 aromatic rings. The van der Waals surface area contributed by atoms with E-state index in [0.29, 0.717) is 10.8 Å². The quantitative estimate of drug-likeness (QED) is 0.680. The molecule has 4 rings (SSSR count). The Hall–Kier alpha value is -2.66. The average molecular weight is 395 g/mol. The number of nitrogens with one attached hydrogen (secondary N) is 1. The van der Waals surface area contributed by atoms with Crippen molar-refractivity contribution in [2.24, 2.45) is 0 Å². The number of halogens is 1. The Balaban J connectivity index is 1.74. The van der Waals surface area contributed by atoms with Gasteiger partial charge in [-0.15, -0.1) is 5.10 Å². The molecule has 1 aromatic heterocycles. The predicted molar refractivity (Wildman–Crippen MR) is 111 cm³/mol. The van der Waals surface area contributed by atoms with Crippen molar-refractivity contribution in [2.75, 3.05) is 0 Å². The normalized spacial score (nSPS) is 14.8. The van der Waals surface area contributed by atoms with E-state index in [2.05, 4.69) is 15.4 Å². The lowest BCUT2D eigenvalue weighted by Gasteiger charge is -2.21. The van der Waals surface area contributed by atoms with Gasteiger partial charge in [0.05, 0.1) is 5.69 Å². The van der Waals surface area contributed by atoms with Crippen molar-refractivity contribution in [3.05, 3.63) is 64.9 Å². The van der Waals surface area contributed by atoms with E-state index >= 15 is 0 Å². The Morgan fingerprint density at radius 2 is 1.86 bits per heavy atom. The van der Waals surface area contributed by atoms with E-state index in [0.717, 1.165) is 42.5 Å². The molecule has 1 saturated carbocycles. The summed E-state index contributed by atoms with van der Waals surface area (Å²) in [5.74, 6) is 0.589. The molecule has 1 N–H and O–H groups in total.